The van der Waals surface area contributed by atoms with E-state index in [0.29, 0.717) is 19.5 Å². The quantitative estimate of drug-likeness (QED) is 0.730. The molecular formula is C14H17N5O3. The molecule has 116 valence electrons. The van der Waals surface area contributed by atoms with Crippen molar-refractivity contribution >= 4 is 5.91 Å². The molecule has 0 aliphatic carbocycles. The van der Waals surface area contributed by atoms with Crippen LogP contribution in [0.25, 0.3) is 0 Å². The zero-order valence-corrected chi connectivity index (χ0v) is 12.2. The maximum atomic E-state index is 12.0. The highest BCUT2D eigenvalue weighted by atomic mass is 16.2. The first-order valence-electron chi connectivity index (χ1n) is 6.93. The van der Waals surface area contributed by atoms with E-state index in [0.717, 1.165) is 4.68 Å². The normalized spacial score (nSPS) is 11.9. The number of carbonyl (C=O) groups is 1. The summed E-state index contributed by atoms with van der Waals surface area (Å²) < 4.78 is 2.46. The summed E-state index contributed by atoms with van der Waals surface area (Å²) in [5.74, 6) is -0.297. The number of amides is 1. The van der Waals surface area contributed by atoms with Crippen LogP contribution in [-0.4, -0.2) is 32.0 Å². The lowest BCUT2D eigenvalue weighted by Crippen LogP contribution is -2.37. The van der Waals surface area contributed by atoms with Crippen LogP contribution in [0.15, 0.2) is 46.2 Å². The largest absolute Gasteiger partial charge is 0.354 e. The molecule has 0 aromatic carbocycles. The summed E-state index contributed by atoms with van der Waals surface area (Å²) >= 11 is 0. The second-order valence-corrected chi connectivity index (χ2v) is 4.71. The maximum absolute atomic E-state index is 12.0. The van der Waals surface area contributed by atoms with Crippen molar-refractivity contribution in [3.8, 4) is 0 Å². The number of carbonyl (C=O) groups excluding carboxylic acids is 1. The average Bonchev–Trinajstić information content (AvgIpc) is 2.52. The van der Waals surface area contributed by atoms with Crippen LogP contribution in [0, 0.1) is 0 Å². The Balaban J connectivity index is 1.83. The molecule has 2 rings (SSSR count). The molecule has 0 saturated carbocycles. The van der Waals surface area contributed by atoms with E-state index in [1.165, 1.54) is 35.3 Å². The second kappa shape index (κ2) is 7.30. The highest BCUT2D eigenvalue weighted by Gasteiger charge is 2.15. The van der Waals surface area contributed by atoms with E-state index in [4.69, 9.17) is 0 Å². The van der Waals surface area contributed by atoms with E-state index in [1.54, 1.807) is 13.0 Å². The minimum absolute atomic E-state index is 0.178. The smallest absolute Gasteiger partial charge is 0.267 e. The van der Waals surface area contributed by atoms with Gasteiger partial charge in [0.05, 0.1) is 0 Å². The fourth-order valence-corrected chi connectivity index (χ4v) is 1.91. The molecule has 1 amide bonds. The van der Waals surface area contributed by atoms with Gasteiger partial charge in [-0.1, -0.05) is 0 Å². The summed E-state index contributed by atoms with van der Waals surface area (Å²) in [4.78, 5) is 35.0. The first kappa shape index (κ1) is 15.6. The summed E-state index contributed by atoms with van der Waals surface area (Å²) in [7, 11) is 0. The van der Waals surface area contributed by atoms with Crippen LogP contribution in [-0.2, 0) is 11.3 Å². The van der Waals surface area contributed by atoms with Crippen LogP contribution in [0.5, 0.6) is 0 Å². The fourth-order valence-electron chi connectivity index (χ4n) is 1.91. The zero-order valence-electron chi connectivity index (χ0n) is 12.2. The molecule has 2 aromatic rings. The minimum atomic E-state index is -0.689. The molecule has 2 aromatic heterocycles. The monoisotopic (exact) mass is 303 g/mol. The first-order chi connectivity index (χ1) is 10.6. The molecule has 0 radical (unpaired) electrons. The molecule has 0 saturated heterocycles. The lowest BCUT2D eigenvalue weighted by molar-refractivity contribution is -0.124. The Hall–Kier alpha value is -2.77. The van der Waals surface area contributed by atoms with Crippen LogP contribution >= 0.6 is 0 Å². The molecular weight excluding hydrogens is 286 g/mol. The number of rotatable bonds is 6. The predicted octanol–water partition coefficient (Wildman–Crippen LogP) is -0.432. The van der Waals surface area contributed by atoms with E-state index >= 15 is 0 Å². The van der Waals surface area contributed by atoms with Crippen molar-refractivity contribution in [2.75, 3.05) is 6.54 Å². The van der Waals surface area contributed by atoms with Crippen LogP contribution in [0.4, 0.5) is 0 Å². The number of nitrogens with one attached hydrogen (secondary N) is 1. The van der Waals surface area contributed by atoms with Gasteiger partial charge in [-0.25, -0.2) is 9.36 Å². The van der Waals surface area contributed by atoms with Gasteiger partial charge in [0.25, 0.3) is 11.1 Å². The Bertz CT molecular complexity index is 752. The highest BCUT2D eigenvalue weighted by molar-refractivity contribution is 5.79. The highest BCUT2D eigenvalue weighted by Crippen LogP contribution is 1.99. The van der Waals surface area contributed by atoms with E-state index < -0.39 is 6.04 Å². The van der Waals surface area contributed by atoms with Crippen molar-refractivity contribution in [1.29, 1.82) is 0 Å². The Kier molecular flexibility index (Phi) is 5.18. The molecule has 1 N–H and O–H groups in total. The van der Waals surface area contributed by atoms with Gasteiger partial charge in [0, 0.05) is 37.6 Å². The summed E-state index contributed by atoms with van der Waals surface area (Å²) in [5.41, 5.74) is -0.507. The Labute approximate surface area is 126 Å². The number of nitrogens with zero attached hydrogens (tertiary/aromatic N) is 4. The van der Waals surface area contributed by atoms with E-state index in [1.807, 2.05) is 0 Å². The van der Waals surface area contributed by atoms with Gasteiger partial charge < -0.3 is 5.32 Å². The van der Waals surface area contributed by atoms with Crippen LogP contribution in [0.1, 0.15) is 19.4 Å². The van der Waals surface area contributed by atoms with Crippen LogP contribution in [0.3, 0.4) is 0 Å². The Morgan fingerprint density at radius 1 is 1.18 bits per heavy atom. The summed E-state index contributed by atoms with van der Waals surface area (Å²) in [6, 6.07) is 5.19. The summed E-state index contributed by atoms with van der Waals surface area (Å²) in [6.07, 6.45) is 3.56. The molecule has 22 heavy (non-hydrogen) atoms. The van der Waals surface area contributed by atoms with Crippen molar-refractivity contribution in [2.24, 2.45) is 0 Å². The van der Waals surface area contributed by atoms with Gasteiger partial charge in [0.2, 0.25) is 5.91 Å². The molecule has 2 heterocycles. The number of aryl methyl sites for hydroxylation is 1. The standard InChI is InChI=1S/C14H17N5O3/c1-11(19-13(21)6-3-9-17-19)14(22)15-7-4-10-18-12(20)5-2-8-16-18/h2-3,5-6,8-9,11H,4,7,10H2,1H3,(H,15,22). The minimum Gasteiger partial charge on any atom is -0.354 e. The molecule has 0 aliphatic heterocycles. The van der Waals surface area contributed by atoms with E-state index in [9.17, 15) is 14.4 Å². The van der Waals surface area contributed by atoms with Gasteiger partial charge in [0.15, 0.2) is 0 Å². The lowest BCUT2D eigenvalue weighted by Gasteiger charge is -2.13. The van der Waals surface area contributed by atoms with Crippen molar-refractivity contribution in [2.45, 2.75) is 25.9 Å². The SMILES string of the molecule is CC(C(=O)NCCCn1ncccc1=O)n1ncccc1=O. The van der Waals surface area contributed by atoms with Gasteiger partial charge in [0.1, 0.15) is 6.04 Å². The zero-order chi connectivity index (χ0) is 15.9. The van der Waals surface area contributed by atoms with Gasteiger partial charge in [-0.3, -0.25) is 14.4 Å². The van der Waals surface area contributed by atoms with Crippen molar-refractivity contribution in [3.63, 3.8) is 0 Å². The molecule has 8 nitrogen and oxygen atoms in total. The van der Waals surface area contributed by atoms with Gasteiger partial charge >= 0.3 is 0 Å². The second-order valence-electron chi connectivity index (χ2n) is 4.71. The maximum Gasteiger partial charge on any atom is 0.267 e. The van der Waals surface area contributed by atoms with Gasteiger partial charge in [-0.2, -0.15) is 10.2 Å². The van der Waals surface area contributed by atoms with Gasteiger partial charge in [-0.05, 0) is 25.5 Å². The van der Waals surface area contributed by atoms with Crippen LogP contribution in [0.2, 0.25) is 0 Å². The molecule has 0 fully saturated rings. The molecule has 0 aliphatic rings. The third-order valence-corrected chi connectivity index (χ3v) is 3.12. The number of hydrogen-bond donors (Lipinski definition) is 1. The third-order valence-electron chi connectivity index (χ3n) is 3.12. The molecule has 0 bridgehead atoms. The topological polar surface area (TPSA) is 98.9 Å². The Morgan fingerprint density at radius 3 is 2.55 bits per heavy atom. The molecule has 1 unspecified atom stereocenters. The number of hydrogen-bond acceptors (Lipinski definition) is 5. The Morgan fingerprint density at radius 2 is 1.86 bits per heavy atom. The third kappa shape index (κ3) is 3.87. The van der Waals surface area contributed by atoms with E-state index in [-0.39, 0.29) is 17.0 Å². The lowest BCUT2D eigenvalue weighted by atomic mass is 10.3. The first-order valence-corrected chi connectivity index (χ1v) is 6.93. The number of aromatic nitrogens is 4. The fraction of sp³-hybridized carbons (Fsp3) is 0.357. The summed E-state index contributed by atoms with van der Waals surface area (Å²) in [6.45, 7) is 2.40. The van der Waals surface area contributed by atoms with Crippen molar-refractivity contribution in [1.82, 2.24) is 24.9 Å². The van der Waals surface area contributed by atoms with E-state index in [2.05, 4.69) is 15.5 Å². The van der Waals surface area contributed by atoms with Crippen LogP contribution < -0.4 is 16.4 Å². The average molecular weight is 303 g/mol. The molecule has 1 atom stereocenters. The molecule has 8 heteroatoms. The van der Waals surface area contributed by atoms with Gasteiger partial charge in [-0.15, -0.1) is 0 Å². The summed E-state index contributed by atoms with van der Waals surface area (Å²) in [5, 5.41) is 10.5. The molecule has 0 spiro atoms. The van der Waals surface area contributed by atoms with Crippen molar-refractivity contribution < 1.29 is 4.79 Å². The predicted molar refractivity (Wildman–Crippen MR) is 79.3 cm³/mol. The van der Waals surface area contributed by atoms with Crippen molar-refractivity contribution in [3.05, 3.63) is 57.4 Å².